The van der Waals surface area contributed by atoms with E-state index < -0.39 is 0 Å². The van der Waals surface area contributed by atoms with Crippen LogP contribution >= 0.6 is 34.8 Å². The van der Waals surface area contributed by atoms with Crippen LogP contribution in [0.1, 0.15) is 27.2 Å². The van der Waals surface area contributed by atoms with Gasteiger partial charge in [0.25, 0.3) is 0 Å². The van der Waals surface area contributed by atoms with E-state index in [1.54, 1.807) is 0 Å². The van der Waals surface area contributed by atoms with Gasteiger partial charge in [0.05, 0.1) is 11.0 Å². The number of aromatic nitrogens is 2. The van der Waals surface area contributed by atoms with E-state index in [4.69, 9.17) is 12.2 Å². The fourth-order valence-electron chi connectivity index (χ4n) is 1.83. The number of aromatic amines is 1. The van der Waals surface area contributed by atoms with E-state index in [2.05, 4.69) is 71.1 Å². The van der Waals surface area contributed by atoms with Crippen LogP contribution in [0.2, 0.25) is 0 Å². The minimum Gasteiger partial charge on any atom is -0.331 e. The maximum Gasteiger partial charge on any atom is 0.178 e. The lowest BCUT2D eigenvalue weighted by atomic mass is 9.90. The first-order valence-corrected chi connectivity index (χ1v) is 7.30. The number of hydrogen-bond donors (Lipinski definition) is 1. The van der Waals surface area contributed by atoms with Crippen molar-refractivity contribution in [1.82, 2.24) is 9.55 Å². The second-order valence-corrected chi connectivity index (χ2v) is 6.83. The molecule has 0 unspecified atom stereocenters. The Labute approximate surface area is 121 Å². The Kier molecular flexibility index (Phi) is 3.63. The van der Waals surface area contributed by atoms with Gasteiger partial charge in [-0.15, -0.1) is 0 Å². The number of nitrogens with zero attached hydrogens (tertiary/aromatic N) is 1. The fraction of sp³-hybridized carbons (Fsp3) is 0.462. The second-order valence-electron chi connectivity index (χ2n) is 5.20. The Morgan fingerprint density at radius 1 is 1.41 bits per heavy atom. The van der Waals surface area contributed by atoms with Crippen molar-refractivity contribution in [3.63, 3.8) is 0 Å². The Balaban J connectivity index is 2.54. The molecule has 0 saturated carbocycles. The van der Waals surface area contributed by atoms with Crippen LogP contribution in [-0.2, 0) is 6.54 Å². The number of imidazole rings is 1. The zero-order valence-corrected chi connectivity index (χ0v) is 13.4. The summed E-state index contributed by atoms with van der Waals surface area (Å²) in [5, 5.41) is 0. The summed E-state index contributed by atoms with van der Waals surface area (Å²) >= 11 is 7.74. The maximum atomic E-state index is 5.42. The summed E-state index contributed by atoms with van der Waals surface area (Å²) in [7, 11) is 0. The number of H-pyrrole nitrogens is 1. The SMILES string of the molecule is CCC(C)(C)Cn1c(=S)[nH]c2cc(I)ccc21. The highest BCUT2D eigenvalue weighted by atomic mass is 127. The maximum absolute atomic E-state index is 5.42. The third-order valence-electron chi connectivity index (χ3n) is 3.28. The predicted molar refractivity (Wildman–Crippen MR) is 83.9 cm³/mol. The molecule has 92 valence electrons. The molecule has 0 spiro atoms. The molecule has 2 rings (SSSR count). The molecule has 1 N–H and O–H groups in total. The first-order valence-electron chi connectivity index (χ1n) is 5.81. The molecule has 4 heteroatoms. The van der Waals surface area contributed by atoms with Crippen molar-refractivity contribution >= 4 is 45.8 Å². The van der Waals surface area contributed by atoms with E-state index >= 15 is 0 Å². The fourth-order valence-corrected chi connectivity index (χ4v) is 2.60. The molecule has 1 aromatic carbocycles. The lowest BCUT2D eigenvalue weighted by Crippen LogP contribution is -2.18. The van der Waals surface area contributed by atoms with Gasteiger partial charge in [-0.05, 0) is 64.8 Å². The van der Waals surface area contributed by atoms with Crippen molar-refractivity contribution in [2.45, 2.75) is 33.7 Å². The zero-order chi connectivity index (χ0) is 12.6. The van der Waals surface area contributed by atoms with Crippen molar-refractivity contribution < 1.29 is 0 Å². The van der Waals surface area contributed by atoms with Gasteiger partial charge in [-0.1, -0.05) is 20.8 Å². The molecule has 0 atom stereocenters. The van der Waals surface area contributed by atoms with Crippen LogP contribution in [0.5, 0.6) is 0 Å². The highest BCUT2D eigenvalue weighted by Crippen LogP contribution is 2.26. The summed E-state index contributed by atoms with van der Waals surface area (Å²) < 4.78 is 4.27. The Bertz CT molecular complexity index is 595. The molecule has 17 heavy (non-hydrogen) atoms. The average Bonchev–Trinajstić information content (AvgIpc) is 2.54. The van der Waals surface area contributed by atoms with Gasteiger partial charge in [-0.25, -0.2) is 0 Å². The van der Waals surface area contributed by atoms with Crippen LogP contribution in [0, 0.1) is 13.8 Å². The van der Waals surface area contributed by atoms with E-state index in [0.29, 0.717) is 0 Å². The molecule has 0 aliphatic carbocycles. The van der Waals surface area contributed by atoms with Crippen molar-refractivity contribution in [2.24, 2.45) is 5.41 Å². The smallest absolute Gasteiger partial charge is 0.178 e. The number of rotatable bonds is 3. The molecule has 2 aromatic rings. The van der Waals surface area contributed by atoms with Gasteiger partial charge in [-0.3, -0.25) is 0 Å². The molecule has 0 saturated heterocycles. The summed E-state index contributed by atoms with van der Waals surface area (Å²) in [6.45, 7) is 7.74. The number of benzene rings is 1. The van der Waals surface area contributed by atoms with Crippen LogP contribution in [0.3, 0.4) is 0 Å². The monoisotopic (exact) mass is 360 g/mol. The number of nitrogens with one attached hydrogen (secondary N) is 1. The average molecular weight is 360 g/mol. The summed E-state index contributed by atoms with van der Waals surface area (Å²) in [4.78, 5) is 3.29. The largest absolute Gasteiger partial charge is 0.331 e. The molecule has 0 radical (unpaired) electrons. The summed E-state index contributed by atoms with van der Waals surface area (Å²) in [6, 6.07) is 6.41. The molecule has 0 aliphatic heterocycles. The van der Waals surface area contributed by atoms with E-state index in [1.165, 1.54) is 9.09 Å². The lowest BCUT2D eigenvalue weighted by molar-refractivity contribution is 0.297. The third kappa shape index (κ3) is 2.73. The quantitative estimate of drug-likeness (QED) is 0.619. The van der Waals surface area contributed by atoms with Crippen LogP contribution in [-0.4, -0.2) is 9.55 Å². The predicted octanol–water partition coefficient (Wildman–Crippen LogP) is 4.74. The van der Waals surface area contributed by atoms with Crippen LogP contribution in [0.25, 0.3) is 11.0 Å². The van der Waals surface area contributed by atoms with E-state index in [-0.39, 0.29) is 5.41 Å². The van der Waals surface area contributed by atoms with Gasteiger partial charge in [0.2, 0.25) is 0 Å². The molecular weight excluding hydrogens is 343 g/mol. The summed E-state index contributed by atoms with van der Waals surface area (Å²) in [6.07, 6.45) is 1.14. The van der Waals surface area contributed by atoms with Crippen LogP contribution in [0.4, 0.5) is 0 Å². The first-order chi connectivity index (χ1) is 7.93. The van der Waals surface area contributed by atoms with Gasteiger partial charge in [0.15, 0.2) is 4.77 Å². The van der Waals surface area contributed by atoms with Crippen LogP contribution in [0.15, 0.2) is 18.2 Å². The number of hydrogen-bond acceptors (Lipinski definition) is 1. The summed E-state index contributed by atoms with van der Waals surface area (Å²) in [5.41, 5.74) is 2.61. The zero-order valence-electron chi connectivity index (χ0n) is 10.4. The normalized spacial score (nSPS) is 12.2. The minimum absolute atomic E-state index is 0.274. The minimum atomic E-state index is 0.274. The molecule has 0 fully saturated rings. The van der Waals surface area contributed by atoms with Crippen molar-refractivity contribution in [3.8, 4) is 0 Å². The standard InChI is InChI=1S/C13H17IN2S/c1-4-13(2,3)8-16-11-6-5-9(14)7-10(11)15-12(16)17/h5-7H,4,8H2,1-3H3,(H,15,17). The Morgan fingerprint density at radius 3 is 2.76 bits per heavy atom. The van der Waals surface area contributed by atoms with E-state index in [0.717, 1.165) is 23.3 Å². The van der Waals surface area contributed by atoms with Crippen molar-refractivity contribution in [3.05, 3.63) is 26.5 Å². The molecule has 2 nitrogen and oxygen atoms in total. The first kappa shape index (κ1) is 13.1. The second kappa shape index (κ2) is 4.72. The van der Waals surface area contributed by atoms with Gasteiger partial charge in [-0.2, -0.15) is 0 Å². The van der Waals surface area contributed by atoms with Crippen LogP contribution < -0.4 is 0 Å². The molecule has 1 aromatic heterocycles. The van der Waals surface area contributed by atoms with Gasteiger partial charge >= 0.3 is 0 Å². The highest BCUT2D eigenvalue weighted by molar-refractivity contribution is 14.1. The van der Waals surface area contributed by atoms with Gasteiger partial charge in [0, 0.05) is 10.1 Å². The molecule has 0 aliphatic rings. The molecule has 0 amide bonds. The lowest BCUT2D eigenvalue weighted by Gasteiger charge is -2.23. The number of fused-ring (bicyclic) bond motifs is 1. The Hall–Kier alpha value is -0.360. The van der Waals surface area contributed by atoms with E-state index in [9.17, 15) is 0 Å². The van der Waals surface area contributed by atoms with E-state index in [1.807, 2.05) is 0 Å². The van der Waals surface area contributed by atoms with Gasteiger partial charge < -0.3 is 9.55 Å². The molecular formula is C13H17IN2S. The van der Waals surface area contributed by atoms with Gasteiger partial charge in [0.1, 0.15) is 0 Å². The third-order valence-corrected chi connectivity index (χ3v) is 4.27. The number of halogens is 1. The summed E-state index contributed by atoms with van der Waals surface area (Å²) in [5.74, 6) is 0. The molecule has 1 heterocycles. The molecule has 0 bridgehead atoms. The Morgan fingerprint density at radius 2 is 2.12 bits per heavy atom. The van der Waals surface area contributed by atoms with Crippen molar-refractivity contribution in [1.29, 1.82) is 0 Å². The highest BCUT2D eigenvalue weighted by Gasteiger charge is 2.17. The topological polar surface area (TPSA) is 20.7 Å². The van der Waals surface area contributed by atoms with Crippen molar-refractivity contribution in [2.75, 3.05) is 0 Å².